The largest absolute Gasteiger partial charge is 0.466 e. The van der Waals surface area contributed by atoms with E-state index in [0.717, 1.165) is 25.7 Å². The average Bonchev–Trinajstić information content (AvgIpc) is 3.00. The van der Waals surface area contributed by atoms with Crippen LogP contribution in [0.25, 0.3) is 0 Å². The highest BCUT2D eigenvalue weighted by atomic mass is 16.5. The third-order valence-electron chi connectivity index (χ3n) is 3.71. The van der Waals surface area contributed by atoms with Crippen LogP contribution in [-0.2, 0) is 19.1 Å². The molecule has 26 heavy (non-hydrogen) atoms. The van der Waals surface area contributed by atoms with Crippen molar-refractivity contribution in [2.45, 2.75) is 59.3 Å². The Labute approximate surface area is 154 Å². The van der Waals surface area contributed by atoms with Gasteiger partial charge in [0.2, 0.25) is 11.8 Å². The SMILES string of the molecule is CCCCCCN(CC(=O)Nc1cc(C)on1)C(=O)CCC(=O)OCC. The van der Waals surface area contributed by atoms with E-state index in [2.05, 4.69) is 17.4 Å². The molecule has 0 spiro atoms. The van der Waals surface area contributed by atoms with Gasteiger partial charge in [0.25, 0.3) is 0 Å². The second-order valence-electron chi connectivity index (χ2n) is 6.05. The number of carbonyl (C=O) groups excluding carboxylic acids is 3. The average molecular weight is 367 g/mol. The molecule has 1 rings (SSSR count). The predicted molar refractivity (Wildman–Crippen MR) is 96.5 cm³/mol. The fourth-order valence-electron chi connectivity index (χ4n) is 2.40. The second-order valence-corrected chi connectivity index (χ2v) is 6.05. The molecule has 0 aliphatic heterocycles. The minimum Gasteiger partial charge on any atom is -0.466 e. The maximum absolute atomic E-state index is 12.4. The van der Waals surface area contributed by atoms with Crippen LogP contribution in [0.5, 0.6) is 0 Å². The summed E-state index contributed by atoms with van der Waals surface area (Å²) in [5.74, 6) is -0.0896. The number of esters is 1. The number of anilines is 1. The van der Waals surface area contributed by atoms with Crippen molar-refractivity contribution in [3.8, 4) is 0 Å². The molecule has 8 heteroatoms. The maximum Gasteiger partial charge on any atom is 0.306 e. The normalized spacial score (nSPS) is 10.4. The number of ether oxygens (including phenoxy) is 1. The number of hydrogen-bond acceptors (Lipinski definition) is 6. The number of hydrogen-bond donors (Lipinski definition) is 1. The van der Waals surface area contributed by atoms with E-state index < -0.39 is 5.97 Å². The van der Waals surface area contributed by atoms with Gasteiger partial charge < -0.3 is 19.5 Å². The van der Waals surface area contributed by atoms with Gasteiger partial charge in [0.05, 0.1) is 19.6 Å². The topological polar surface area (TPSA) is 102 Å². The first-order valence-corrected chi connectivity index (χ1v) is 9.12. The van der Waals surface area contributed by atoms with Gasteiger partial charge in [-0.2, -0.15) is 0 Å². The lowest BCUT2D eigenvalue weighted by Gasteiger charge is -2.22. The summed E-state index contributed by atoms with van der Waals surface area (Å²) < 4.78 is 9.74. The van der Waals surface area contributed by atoms with Crippen LogP contribution in [0.4, 0.5) is 5.82 Å². The Bertz CT molecular complexity index is 585. The monoisotopic (exact) mass is 367 g/mol. The number of amides is 2. The van der Waals surface area contributed by atoms with Crippen LogP contribution in [0, 0.1) is 6.92 Å². The summed E-state index contributed by atoms with van der Waals surface area (Å²) in [7, 11) is 0. The lowest BCUT2D eigenvalue weighted by Crippen LogP contribution is -2.39. The Hall–Kier alpha value is -2.38. The van der Waals surface area contributed by atoms with Crippen molar-refractivity contribution >= 4 is 23.6 Å². The smallest absolute Gasteiger partial charge is 0.306 e. The Morgan fingerprint density at radius 1 is 1.19 bits per heavy atom. The molecule has 0 bridgehead atoms. The summed E-state index contributed by atoms with van der Waals surface area (Å²) in [6, 6.07) is 1.60. The molecule has 0 saturated heterocycles. The molecule has 1 aromatic rings. The molecule has 0 unspecified atom stereocenters. The standard InChI is InChI=1S/C18H29N3O5/c1-4-6-7-8-11-21(17(23)9-10-18(24)25-5-2)13-16(22)19-15-12-14(3)26-20-15/h12H,4-11,13H2,1-3H3,(H,19,20,22). The van der Waals surface area contributed by atoms with Gasteiger partial charge in [-0.25, -0.2) is 0 Å². The van der Waals surface area contributed by atoms with E-state index in [1.54, 1.807) is 19.9 Å². The second kappa shape index (κ2) is 12.1. The van der Waals surface area contributed by atoms with Gasteiger partial charge in [-0.05, 0) is 20.3 Å². The number of unbranched alkanes of at least 4 members (excludes halogenated alkanes) is 3. The van der Waals surface area contributed by atoms with Crippen molar-refractivity contribution in [1.82, 2.24) is 10.1 Å². The van der Waals surface area contributed by atoms with Crippen LogP contribution in [0.15, 0.2) is 10.6 Å². The third-order valence-corrected chi connectivity index (χ3v) is 3.71. The maximum atomic E-state index is 12.4. The van der Waals surface area contributed by atoms with Crippen molar-refractivity contribution in [2.24, 2.45) is 0 Å². The molecule has 2 amide bonds. The molecule has 0 radical (unpaired) electrons. The molecule has 0 aromatic carbocycles. The van der Waals surface area contributed by atoms with Gasteiger partial charge in [-0.15, -0.1) is 0 Å². The molecule has 146 valence electrons. The number of rotatable bonds is 12. The van der Waals surface area contributed by atoms with E-state index in [0.29, 0.717) is 18.1 Å². The summed E-state index contributed by atoms with van der Waals surface area (Å²) in [6.07, 6.45) is 4.01. The number of aromatic nitrogens is 1. The van der Waals surface area contributed by atoms with Gasteiger partial charge in [0.1, 0.15) is 5.76 Å². The number of nitrogens with one attached hydrogen (secondary N) is 1. The molecule has 0 fully saturated rings. The molecule has 1 N–H and O–H groups in total. The Balaban J connectivity index is 2.56. The molecule has 1 aromatic heterocycles. The first-order valence-electron chi connectivity index (χ1n) is 9.12. The van der Waals surface area contributed by atoms with Crippen molar-refractivity contribution < 1.29 is 23.6 Å². The zero-order valence-corrected chi connectivity index (χ0v) is 15.9. The van der Waals surface area contributed by atoms with E-state index in [1.807, 2.05) is 0 Å². The van der Waals surface area contributed by atoms with E-state index in [1.165, 1.54) is 4.90 Å². The fourth-order valence-corrected chi connectivity index (χ4v) is 2.40. The van der Waals surface area contributed by atoms with E-state index in [9.17, 15) is 14.4 Å². The summed E-state index contributed by atoms with van der Waals surface area (Å²) in [4.78, 5) is 37.5. The van der Waals surface area contributed by atoms with Crippen LogP contribution in [0.1, 0.15) is 58.1 Å². The molecule has 0 atom stereocenters. The summed E-state index contributed by atoms with van der Waals surface area (Å²) in [5, 5.41) is 6.31. The van der Waals surface area contributed by atoms with E-state index >= 15 is 0 Å². The minimum absolute atomic E-state index is 0.0161. The molecule has 8 nitrogen and oxygen atoms in total. The highest BCUT2D eigenvalue weighted by molar-refractivity contribution is 5.94. The number of aryl methyl sites for hydroxylation is 1. The zero-order chi connectivity index (χ0) is 19.4. The quantitative estimate of drug-likeness (QED) is 0.450. The third kappa shape index (κ3) is 8.64. The van der Waals surface area contributed by atoms with Crippen molar-refractivity contribution in [3.05, 3.63) is 11.8 Å². The number of nitrogens with zero attached hydrogens (tertiary/aromatic N) is 2. The molecule has 0 saturated carbocycles. The van der Waals surface area contributed by atoms with Crippen LogP contribution >= 0.6 is 0 Å². The Kier molecular flexibility index (Phi) is 10.0. The van der Waals surface area contributed by atoms with Crippen LogP contribution in [0.2, 0.25) is 0 Å². The van der Waals surface area contributed by atoms with E-state index in [-0.39, 0.29) is 37.8 Å². The number of carbonyl (C=O) groups is 3. The molecule has 1 heterocycles. The Morgan fingerprint density at radius 3 is 2.58 bits per heavy atom. The fraction of sp³-hybridized carbons (Fsp3) is 0.667. The van der Waals surface area contributed by atoms with Crippen LogP contribution in [-0.4, -0.2) is 47.5 Å². The zero-order valence-electron chi connectivity index (χ0n) is 15.9. The van der Waals surface area contributed by atoms with Crippen LogP contribution in [0.3, 0.4) is 0 Å². The first kappa shape index (κ1) is 21.7. The summed E-state index contributed by atoms with van der Waals surface area (Å²) in [5.41, 5.74) is 0. The highest BCUT2D eigenvalue weighted by Crippen LogP contribution is 2.09. The van der Waals surface area contributed by atoms with Crippen molar-refractivity contribution in [1.29, 1.82) is 0 Å². The lowest BCUT2D eigenvalue weighted by atomic mass is 10.2. The molecule has 0 aliphatic rings. The van der Waals surface area contributed by atoms with E-state index in [4.69, 9.17) is 9.26 Å². The van der Waals surface area contributed by atoms with Crippen LogP contribution < -0.4 is 5.32 Å². The Morgan fingerprint density at radius 2 is 1.96 bits per heavy atom. The minimum atomic E-state index is -0.408. The molecule has 0 aliphatic carbocycles. The van der Waals surface area contributed by atoms with Gasteiger partial charge in [-0.3, -0.25) is 14.4 Å². The van der Waals surface area contributed by atoms with Gasteiger partial charge in [0.15, 0.2) is 5.82 Å². The molecular formula is C18H29N3O5. The first-order chi connectivity index (χ1) is 12.5. The predicted octanol–water partition coefficient (Wildman–Crippen LogP) is 2.67. The van der Waals surface area contributed by atoms with Crippen molar-refractivity contribution in [2.75, 3.05) is 25.0 Å². The lowest BCUT2D eigenvalue weighted by molar-refractivity contribution is -0.145. The summed E-state index contributed by atoms with van der Waals surface area (Å²) in [6.45, 7) is 6.23. The summed E-state index contributed by atoms with van der Waals surface area (Å²) >= 11 is 0. The highest BCUT2D eigenvalue weighted by Gasteiger charge is 2.19. The van der Waals surface area contributed by atoms with Gasteiger partial charge >= 0.3 is 5.97 Å². The van der Waals surface area contributed by atoms with Gasteiger partial charge in [-0.1, -0.05) is 31.3 Å². The van der Waals surface area contributed by atoms with Gasteiger partial charge in [0, 0.05) is 19.0 Å². The molecular weight excluding hydrogens is 338 g/mol. The van der Waals surface area contributed by atoms with Crippen molar-refractivity contribution in [3.63, 3.8) is 0 Å².